The van der Waals surface area contributed by atoms with E-state index in [1.54, 1.807) is 0 Å². The molecule has 92 valence electrons. The maximum absolute atomic E-state index is 11.7. The number of ether oxygens (including phenoxy) is 1. The Kier molecular flexibility index (Phi) is 3.69. The summed E-state index contributed by atoms with van der Waals surface area (Å²) < 4.78 is 4.83. The highest BCUT2D eigenvalue weighted by molar-refractivity contribution is 6.31. The van der Waals surface area contributed by atoms with E-state index in [1.165, 1.54) is 7.11 Å². The molecule has 1 saturated heterocycles. The van der Waals surface area contributed by atoms with Gasteiger partial charge < -0.3 is 10.1 Å². The van der Waals surface area contributed by atoms with Crippen LogP contribution in [0.1, 0.15) is 17.0 Å². The number of nitrogens with one attached hydrogen (secondary N) is 1. The van der Waals surface area contributed by atoms with Gasteiger partial charge >= 0.3 is 5.97 Å². The van der Waals surface area contributed by atoms with Crippen molar-refractivity contribution in [3.63, 3.8) is 0 Å². The average Bonchev–Trinajstić information content (AvgIpc) is 2.77. The van der Waals surface area contributed by atoms with Crippen molar-refractivity contribution in [3.8, 4) is 0 Å². The van der Waals surface area contributed by atoms with E-state index in [1.807, 2.05) is 25.1 Å². The van der Waals surface area contributed by atoms with Gasteiger partial charge in [0.25, 0.3) is 0 Å². The Morgan fingerprint density at radius 1 is 1.47 bits per heavy atom. The predicted octanol–water partition coefficient (Wildman–Crippen LogP) is 2.12. The van der Waals surface area contributed by atoms with Crippen molar-refractivity contribution in [2.75, 3.05) is 20.2 Å². The second-order valence-corrected chi connectivity index (χ2v) is 4.83. The SMILES string of the molecule is COC(=O)[C@@H]1CNC[C@@H]1c1ccc(C)cc1Cl. The van der Waals surface area contributed by atoms with Crippen LogP contribution in [0.4, 0.5) is 0 Å². The molecule has 1 N–H and O–H groups in total. The maximum Gasteiger partial charge on any atom is 0.310 e. The highest BCUT2D eigenvalue weighted by Crippen LogP contribution is 2.33. The third-order valence-electron chi connectivity index (χ3n) is 3.27. The summed E-state index contributed by atoms with van der Waals surface area (Å²) in [6.07, 6.45) is 0. The zero-order valence-electron chi connectivity index (χ0n) is 10.00. The first-order valence-corrected chi connectivity index (χ1v) is 6.06. The van der Waals surface area contributed by atoms with Gasteiger partial charge in [0.15, 0.2) is 0 Å². The third kappa shape index (κ3) is 2.45. The van der Waals surface area contributed by atoms with Crippen LogP contribution in [0.25, 0.3) is 0 Å². The Labute approximate surface area is 106 Å². The van der Waals surface area contributed by atoms with Crippen molar-refractivity contribution in [2.45, 2.75) is 12.8 Å². The van der Waals surface area contributed by atoms with Crippen LogP contribution in [-0.2, 0) is 9.53 Å². The molecule has 3 nitrogen and oxygen atoms in total. The van der Waals surface area contributed by atoms with E-state index in [0.29, 0.717) is 6.54 Å². The minimum Gasteiger partial charge on any atom is -0.469 e. The minimum absolute atomic E-state index is 0.107. The van der Waals surface area contributed by atoms with Crippen LogP contribution in [0.2, 0.25) is 5.02 Å². The first kappa shape index (κ1) is 12.4. The number of esters is 1. The summed E-state index contributed by atoms with van der Waals surface area (Å²) in [7, 11) is 1.43. The summed E-state index contributed by atoms with van der Waals surface area (Å²) in [6.45, 7) is 3.42. The van der Waals surface area contributed by atoms with Crippen molar-refractivity contribution < 1.29 is 9.53 Å². The van der Waals surface area contributed by atoms with Gasteiger partial charge in [0.05, 0.1) is 13.0 Å². The van der Waals surface area contributed by atoms with E-state index in [-0.39, 0.29) is 17.8 Å². The van der Waals surface area contributed by atoms with Crippen molar-refractivity contribution >= 4 is 17.6 Å². The standard InChI is InChI=1S/C13H16ClNO2/c1-8-3-4-9(12(14)5-8)10-6-15-7-11(10)13(16)17-2/h3-5,10-11,15H,6-7H2,1-2H3/t10-,11-/m1/s1. The van der Waals surface area contributed by atoms with Crippen LogP contribution in [0, 0.1) is 12.8 Å². The van der Waals surface area contributed by atoms with Gasteiger partial charge in [-0.25, -0.2) is 0 Å². The number of aryl methyl sites for hydroxylation is 1. The predicted molar refractivity (Wildman–Crippen MR) is 67.3 cm³/mol. The average molecular weight is 254 g/mol. The molecule has 1 aromatic carbocycles. The summed E-state index contributed by atoms with van der Waals surface area (Å²) in [5.41, 5.74) is 2.15. The highest BCUT2D eigenvalue weighted by atomic mass is 35.5. The summed E-state index contributed by atoms with van der Waals surface area (Å²) in [6, 6.07) is 5.96. The lowest BCUT2D eigenvalue weighted by atomic mass is 9.88. The van der Waals surface area contributed by atoms with Gasteiger partial charge in [0.2, 0.25) is 0 Å². The van der Waals surface area contributed by atoms with Crippen molar-refractivity contribution in [2.24, 2.45) is 5.92 Å². The van der Waals surface area contributed by atoms with Crippen LogP contribution < -0.4 is 5.32 Å². The second kappa shape index (κ2) is 5.07. The Morgan fingerprint density at radius 2 is 2.24 bits per heavy atom. The zero-order chi connectivity index (χ0) is 12.4. The molecule has 17 heavy (non-hydrogen) atoms. The number of carbonyl (C=O) groups excluding carboxylic acids is 1. The number of halogens is 1. The van der Waals surface area contributed by atoms with Gasteiger partial charge in [-0.2, -0.15) is 0 Å². The molecular formula is C13H16ClNO2. The molecule has 4 heteroatoms. The Bertz CT molecular complexity index is 433. The van der Waals surface area contributed by atoms with Crippen LogP contribution in [0.15, 0.2) is 18.2 Å². The van der Waals surface area contributed by atoms with Crippen LogP contribution in [-0.4, -0.2) is 26.2 Å². The van der Waals surface area contributed by atoms with E-state index < -0.39 is 0 Å². The van der Waals surface area contributed by atoms with Crippen LogP contribution >= 0.6 is 11.6 Å². The molecule has 0 aromatic heterocycles. The lowest BCUT2D eigenvalue weighted by Crippen LogP contribution is -2.23. The van der Waals surface area contributed by atoms with Gasteiger partial charge in [-0.3, -0.25) is 4.79 Å². The molecule has 1 heterocycles. The summed E-state index contributed by atoms with van der Waals surface area (Å²) in [4.78, 5) is 11.7. The number of methoxy groups -OCH3 is 1. The molecule has 0 aliphatic carbocycles. The third-order valence-corrected chi connectivity index (χ3v) is 3.60. The molecule has 1 fully saturated rings. The fraction of sp³-hybridized carbons (Fsp3) is 0.462. The summed E-state index contributed by atoms with van der Waals surface area (Å²) in [5.74, 6) is -0.201. The molecule has 0 saturated carbocycles. The minimum atomic E-state index is -0.170. The van der Waals surface area contributed by atoms with E-state index in [4.69, 9.17) is 16.3 Å². The smallest absolute Gasteiger partial charge is 0.310 e. The van der Waals surface area contributed by atoms with E-state index in [9.17, 15) is 4.79 Å². The van der Waals surface area contributed by atoms with Crippen LogP contribution in [0.3, 0.4) is 0 Å². The van der Waals surface area contributed by atoms with Gasteiger partial charge in [0, 0.05) is 24.0 Å². The maximum atomic E-state index is 11.7. The lowest BCUT2D eigenvalue weighted by molar-refractivity contribution is -0.145. The fourth-order valence-corrected chi connectivity index (χ4v) is 2.71. The van der Waals surface area contributed by atoms with Crippen LogP contribution in [0.5, 0.6) is 0 Å². The Morgan fingerprint density at radius 3 is 2.88 bits per heavy atom. The molecule has 0 amide bonds. The zero-order valence-corrected chi connectivity index (χ0v) is 10.8. The number of carbonyl (C=O) groups is 1. The fourth-order valence-electron chi connectivity index (χ4n) is 2.34. The first-order chi connectivity index (χ1) is 8.13. The molecular weight excluding hydrogens is 238 g/mol. The molecule has 0 spiro atoms. The molecule has 0 bridgehead atoms. The van der Waals surface area contributed by atoms with Gasteiger partial charge in [-0.1, -0.05) is 23.7 Å². The molecule has 1 aliphatic heterocycles. The van der Waals surface area contributed by atoms with Crippen molar-refractivity contribution in [1.29, 1.82) is 0 Å². The quantitative estimate of drug-likeness (QED) is 0.821. The topological polar surface area (TPSA) is 38.3 Å². The van der Waals surface area contributed by atoms with Gasteiger partial charge in [-0.15, -0.1) is 0 Å². The second-order valence-electron chi connectivity index (χ2n) is 4.42. The summed E-state index contributed by atoms with van der Waals surface area (Å²) in [5, 5.41) is 3.95. The molecule has 2 atom stereocenters. The van der Waals surface area contributed by atoms with E-state index in [2.05, 4.69) is 5.32 Å². The molecule has 1 aromatic rings. The van der Waals surface area contributed by atoms with E-state index >= 15 is 0 Å². The molecule has 0 radical (unpaired) electrons. The number of benzene rings is 1. The first-order valence-electron chi connectivity index (χ1n) is 5.68. The van der Waals surface area contributed by atoms with E-state index in [0.717, 1.165) is 22.7 Å². The van der Waals surface area contributed by atoms with Gasteiger partial charge in [0.1, 0.15) is 0 Å². The largest absolute Gasteiger partial charge is 0.469 e. The molecule has 0 unspecified atom stereocenters. The molecule has 1 aliphatic rings. The normalized spacial score (nSPS) is 23.7. The molecule has 2 rings (SSSR count). The highest BCUT2D eigenvalue weighted by Gasteiger charge is 2.35. The Balaban J connectivity index is 2.29. The lowest BCUT2D eigenvalue weighted by Gasteiger charge is -2.18. The Hall–Kier alpha value is -1.06. The monoisotopic (exact) mass is 253 g/mol. The number of hydrogen-bond acceptors (Lipinski definition) is 3. The van der Waals surface area contributed by atoms with Gasteiger partial charge in [-0.05, 0) is 24.1 Å². The van der Waals surface area contributed by atoms with Crippen molar-refractivity contribution in [3.05, 3.63) is 34.3 Å². The number of hydrogen-bond donors (Lipinski definition) is 1. The number of rotatable bonds is 2. The summed E-state index contributed by atoms with van der Waals surface area (Å²) >= 11 is 6.24. The van der Waals surface area contributed by atoms with Crippen molar-refractivity contribution in [1.82, 2.24) is 5.32 Å².